The quantitative estimate of drug-likeness (QED) is 0.688. The van der Waals surface area contributed by atoms with Crippen molar-refractivity contribution in [1.29, 1.82) is 0 Å². The van der Waals surface area contributed by atoms with Gasteiger partial charge in [-0.05, 0) is 6.92 Å². The molecule has 0 spiro atoms. The molecule has 0 unspecified atom stereocenters. The third-order valence-electron chi connectivity index (χ3n) is 2.62. The van der Waals surface area contributed by atoms with Crippen molar-refractivity contribution in [2.24, 2.45) is 0 Å². The molecule has 2 atom stereocenters. The van der Waals surface area contributed by atoms with Gasteiger partial charge >= 0.3 is 5.97 Å². The Morgan fingerprint density at radius 3 is 2.67 bits per heavy atom. The van der Waals surface area contributed by atoms with Crippen LogP contribution in [0.15, 0.2) is 0 Å². The second kappa shape index (κ2) is 6.05. The van der Waals surface area contributed by atoms with Crippen LogP contribution in [-0.4, -0.2) is 61.5 Å². The molecule has 5 nitrogen and oxygen atoms in total. The van der Waals surface area contributed by atoms with Crippen LogP contribution in [0.3, 0.4) is 0 Å². The minimum Gasteiger partial charge on any atom is -0.481 e. The summed E-state index contributed by atoms with van der Waals surface area (Å²) in [6.07, 6.45) is 0.322. The molecule has 0 aromatic heterocycles. The van der Waals surface area contributed by atoms with Crippen molar-refractivity contribution in [1.82, 2.24) is 4.90 Å². The van der Waals surface area contributed by atoms with Crippen LogP contribution in [-0.2, 0) is 14.3 Å². The van der Waals surface area contributed by atoms with Crippen LogP contribution in [0, 0.1) is 0 Å². The van der Waals surface area contributed by atoms with E-state index in [0.29, 0.717) is 13.2 Å². The number of carbonyl (C=O) groups is 1. The molecule has 1 fully saturated rings. The van der Waals surface area contributed by atoms with Gasteiger partial charge in [-0.25, -0.2) is 0 Å². The molecular weight excluding hydrogens is 198 g/mol. The lowest BCUT2D eigenvalue weighted by molar-refractivity contribution is -0.137. The van der Waals surface area contributed by atoms with Crippen molar-refractivity contribution in [2.75, 3.05) is 33.4 Å². The molecule has 0 bridgehead atoms. The Kier molecular flexibility index (Phi) is 5.01. The van der Waals surface area contributed by atoms with E-state index in [1.54, 1.807) is 7.11 Å². The molecule has 88 valence electrons. The first-order valence-corrected chi connectivity index (χ1v) is 5.26. The number of hydrogen-bond acceptors (Lipinski definition) is 4. The highest BCUT2D eigenvalue weighted by Crippen LogP contribution is 2.16. The standard InChI is InChI=1S/C10H19NO4/c1-3-15-9-7-11(5-4-10(12)13)6-8(9)14-2/h8-9H,3-7H2,1-2H3,(H,12,13)/t8-,9+/m0/s1. The Hall–Kier alpha value is -0.650. The topological polar surface area (TPSA) is 59.0 Å². The van der Waals surface area contributed by atoms with Crippen molar-refractivity contribution >= 4 is 5.97 Å². The van der Waals surface area contributed by atoms with Crippen LogP contribution < -0.4 is 0 Å². The zero-order valence-corrected chi connectivity index (χ0v) is 9.31. The molecule has 0 radical (unpaired) electrons. The van der Waals surface area contributed by atoms with Crippen molar-refractivity contribution in [3.8, 4) is 0 Å². The van der Waals surface area contributed by atoms with Gasteiger partial charge in [0, 0.05) is 33.4 Å². The summed E-state index contributed by atoms with van der Waals surface area (Å²) < 4.78 is 10.8. The molecule has 0 saturated carbocycles. The Morgan fingerprint density at radius 2 is 2.13 bits per heavy atom. The third kappa shape index (κ3) is 3.77. The number of nitrogens with zero attached hydrogens (tertiary/aromatic N) is 1. The second-order valence-corrected chi connectivity index (χ2v) is 3.67. The number of methoxy groups -OCH3 is 1. The molecule has 15 heavy (non-hydrogen) atoms. The van der Waals surface area contributed by atoms with Crippen LogP contribution in [0.5, 0.6) is 0 Å². The van der Waals surface area contributed by atoms with Gasteiger partial charge in [0.2, 0.25) is 0 Å². The summed E-state index contributed by atoms with van der Waals surface area (Å²) in [5.41, 5.74) is 0. The van der Waals surface area contributed by atoms with E-state index >= 15 is 0 Å². The van der Waals surface area contributed by atoms with Crippen LogP contribution in [0.2, 0.25) is 0 Å². The molecule has 1 rings (SSSR count). The molecule has 0 aliphatic carbocycles. The monoisotopic (exact) mass is 217 g/mol. The Bertz CT molecular complexity index is 210. The fourth-order valence-electron chi connectivity index (χ4n) is 1.86. The summed E-state index contributed by atoms with van der Waals surface area (Å²) in [6, 6.07) is 0. The molecule has 5 heteroatoms. The summed E-state index contributed by atoms with van der Waals surface area (Å²) in [5.74, 6) is -0.760. The number of rotatable bonds is 6. The highest BCUT2D eigenvalue weighted by molar-refractivity contribution is 5.66. The Balaban J connectivity index is 2.35. The number of aliphatic carboxylic acids is 1. The second-order valence-electron chi connectivity index (χ2n) is 3.67. The van der Waals surface area contributed by atoms with Gasteiger partial charge in [0.1, 0.15) is 0 Å². The largest absolute Gasteiger partial charge is 0.481 e. The zero-order valence-electron chi connectivity index (χ0n) is 9.31. The van der Waals surface area contributed by atoms with E-state index < -0.39 is 5.97 Å². The summed E-state index contributed by atoms with van der Waals surface area (Å²) in [7, 11) is 1.66. The maximum Gasteiger partial charge on any atom is 0.304 e. The van der Waals surface area contributed by atoms with Gasteiger partial charge in [-0.2, -0.15) is 0 Å². The minimum atomic E-state index is -0.760. The van der Waals surface area contributed by atoms with Gasteiger partial charge < -0.3 is 14.6 Å². The average Bonchev–Trinajstić information content (AvgIpc) is 2.58. The molecular formula is C10H19NO4. The highest BCUT2D eigenvalue weighted by Gasteiger charge is 2.33. The molecule has 1 aliphatic heterocycles. The van der Waals surface area contributed by atoms with Crippen molar-refractivity contribution < 1.29 is 19.4 Å². The summed E-state index contributed by atoms with van der Waals surface area (Å²) in [4.78, 5) is 12.5. The van der Waals surface area contributed by atoms with Crippen molar-refractivity contribution in [3.05, 3.63) is 0 Å². The van der Waals surface area contributed by atoms with E-state index in [1.165, 1.54) is 0 Å². The van der Waals surface area contributed by atoms with Crippen LogP contribution in [0.1, 0.15) is 13.3 Å². The van der Waals surface area contributed by atoms with E-state index in [0.717, 1.165) is 13.1 Å². The fraction of sp³-hybridized carbons (Fsp3) is 0.900. The lowest BCUT2D eigenvalue weighted by atomic mass is 10.2. The molecule has 1 heterocycles. The number of likely N-dealkylation sites (tertiary alicyclic amines) is 1. The predicted molar refractivity (Wildman–Crippen MR) is 54.9 cm³/mol. The van der Waals surface area contributed by atoms with E-state index in [1.807, 2.05) is 6.92 Å². The van der Waals surface area contributed by atoms with Crippen molar-refractivity contribution in [2.45, 2.75) is 25.6 Å². The van der Waals surface area contributed by atoms with Gasteiger partial charge in [0.25, 0.3) is 0 Å². The number of carboxylic acid groups (broad SMARTS) is 1. The van der Waals surface area contributed by atoms with Gasteiger partial charge in [-0.3, -0.25) is 9.69 Å². The molecule has 0 aromatic carbocycles. The first-order valence-electron chi connectivity index (χ1n) is 5.26. The summed E-state index contributed by atoms with van der Waals surface area (Å²) in [5, 5.41) is 8.58. The lowest BCUT2D eigenvalue weighted by Gasteiger charge is -2.16. The molecule has 1 N–H and O–H groups in total. The van der Waals surface area contributed by atoms with Crippen molar-refractivity contribution in [3.63, 3.8) is 0 Å². The van der Waals surface area contributed by atoms with Crippen LogP contribution in [0.25, 0.3) is 0 Å². The van der Waals surface area contributed by atoms with E-state index in [-0.39, 0.29) is 18.6 Å². The maximum atomic E-state index is 10.4. The first-order chi connectivity index (χ1) is 7.17. The number of ether oxygens (including phenoxy) is 2. The third-order valence-corrected chi connectivity index (χ3v) is 2.62. The SMILES string of the molecule is CCO[C@@H]1CN(CCC(=O)O)C[C@@H]1OC. The van der Waals surface area contributed by atoms with Crippen LogP contribution >= 0.6 is 0 Å². The van der Waals surface area contributed by atoms with Gasteiger partial charge in [-0.1, -0.05) is 0 Å². The molecule has 0 amide bonds. The summed E-state index contributed by atoms with van der Waals surface area (Å²) >= 11 is 0. The van der Waals surface area contributed by atoms with E-state index in [2.05, 4.69) is 4.90 Å². The maximum absolute atomic E-state index is 10.4. The number of carboxylic acids is 1. The average molecular weight is 217 g/mol. The zero-order chi connectivity index (χ0) is 11.3. The minimum absolute atomic E-state index is 0.0683. The van der Waals surface area contributed by atoms with E-state index in [9.17, 15) is 4.79 Å². The summed E-state index contributed by atoms with van der Waals surface area (Å²) in [6.45, 7) is 4.71. The highest BCUT2D eigenvalue weighted by atomic mass is 16.5. The Morgan fingerprint density at radius 1 is 1.47 bits per heavy atom. The lowest BCUT2D eigenvalue weighted by Crippen LogP contribution is -2.28. The normalized spacial score (nSPS) is 27.1. The van der Waals surface area contributed by atoms with E-state index in [4.69, 9.17) is 14.6 Å². The van der Waals surface area contributed by atoms with Gasteiger partial charge in [-0.15, -0.1) is 0 Å². The predicted octanol–water partition coefficient (Wildman–Crippen LogP) is 0.197. The smallest absolute Gasteiger partial charge is 0.304 e. The molecule has 1 aliphatic rings. The Labute approximate surface area is 90.0 Å². The molecule has 1 saturated heterocycles. The molecule has 0 aromatic rings. The number of hydrogen-bond donors (Lipinski definition) is 1. The van der Waals surface area contributed by atoms with Crippen LogP contribution in [0.4, 0.5) is 0 Å². The first kappa shape index (κ1) is 12.4. The van der Waals surface area contributed by atoms with Gasteiger partial charge in [0.15, 0.2) is 0 Å². The van der Waals surface area contributed by atoms with Gasteiger partial charge in [0.05, 0.1) is 18.6 Å². The fourth-order valence-corrected chi connectivity index (χ4v) is 1.86.